The average Bonchev–Trinajstić information content (AvgIpc) is 2.89. The molecule has 1 unspecified atom stereocenters. The van der Waals surface area contributed by atoms with Crippen LogP contribution in [-0.4, -0.2) is 30.9 Å². The second-order valence-electron chi connectivity index (χ2n) is 3.99. The topological polar surface area (TPSA) is 97.1 Å². The number of nitrogens with two attached hydrogens (primary N) is 1. The van der Waals surface area contributed by atoms with Gasteiger partial charge in [0.1, 0.15) is 0 Å². The van der Waals surface area contributed by atoms with Gasteiger partial charge in [-0.15, -0.1) is 0 Å². The van der Waals surface area contributed by atoms with Gasteiger partial charge in [-0.1, -0.05) is 0 Å². The number of thioether (sulfide) groups is 1. The Morgan fingerprint density at radius 1 is 1.56 bits per heavy atom. The summed E-state index contributed by atoms with van der Waals surface area (Å²) in [5.41, 5.74) is 2.64. The first-order chi connectivity index (χ1) is 8.63. The fourth-order valence-electron chi connectivity index (χ4n) is 1.79. The van der Waals surface area contributed by atoms with Gasteiger partial charge in [-0.2, -0.15) is 11.8 Å². The molecule has 18 heavy (non-hydrogen) atoms. The number of nitrogen functional groups attached to an aromatic ring is 1. The van der Waals surface area contributed by atoms with Gasteiger partial charge in [0.25, 0.3) is 10.0 Å². The summed E-state index contributed by atoms with van der Waals surface area (Å²) in [6.45, 7) is 0.438. The smallest absolute Gasteiger partial charge is 0.260 e. The zero-order chi connectivity index (χ0) is 13.0. The predicted octanol–water partition coefficient (Wildman–Crippen LogP) is 0.541. The second-order valence-corrected chi connectivity index (χ2v) is 7.08. The Kier molecular flexibility index (Phi) is 4.44. The largest absolute Gasteiger partial charge is 0.321 e. The molecule has 1 aromatic heterocycles. The van der Waals surface area contributed by atoms with Crippen LogP contribution in [0.3, 0.4) is 0 Å². The second kappa shape index (κ2) is 5.87. The van der Waals surface area contributed by atoms with Gasteiger partial charge in [0.15, 0.2) is 5.03 Å². The SMILES string of the molecule is NNc1cccnc1S(=O)(=O)NCC1CCCS1. The third-order valence-electron chi connectivity index (χ3n) is 2.71. The highest BCUT2D eigenvalue weighted by Gasteiger charge is 2.23. The van der Waals surface area contributed by atoms with Gasteiger partial charge < -0.3 is 5.43 Å². The zero-order valence-corrected chi connectivity index (χ0v) is 11.4. The quantitative estimate of drug-likeness (QED) is 0.540. The third-order valence-corrected chi connectivity index (χ3v) is 5.49. The minimum Gasteiger partial charge on any atom is -0.321 e. The molecule has 1 aliphatic heterocycles. The minimum atomic E-state index is -3.61. The molecule has 0 aromatic carbocycles. The first-order valence-electron chi connectivity index (χ1n) is 5.66. The molecule has 0 saturated carbocycles. The first kappa shape index (κ1) is 13.6. The number of aromatic nitrogens is 1. The van der Waals surface area contributed by atoms with Crippen LogP contribution in [0, 0.1) is 0 Å². The fourth-order valence-corrected chi connectivity index (χ4v) is 4.27. The van der Waals surface area contributed by atoms with Crippen molar-refractivity contribution in [3.63, 3.8) is 0 Å². The van der Waals surface area contributed by atoms with Gasteiger partial charge in [0, 0.05) is 18.0 Å². The summed E-state index contributed by atoms with van der Waals surface area (Å²) in [6, 6.07) is 3.20. The number of rotatable bonds is 5. The van der Waals surface area contributed by atoms with Crippen LogP contribution in [0.25, 0.3) is 0 Å². The van der Waals surface area contributed by atoms with E-state index in [9.17, 15) is 8.42 Å². The van der Waals surface area contributed by atoms with Crippen molar-refractivity contribution in [2.45, 2.75) is 23.1 Å². The van der Waals surface area contributed by atoms with E-state index in [2.05, 4.69) is 15.1 Å². The molecule has 6 nitrogen and oxygen atoms in total. The van der Waals surface area contributed by atoms with E-state index < -0.39 is 10.0 Å². The van der Waals surface area contributed by atoms with Gasteiger partial charge in [-0.25, -0.2) is 18.1 Å². The minimum absolute atomic E-state index is 0.0597. The van der Waals surface area contributed by atoms with Crippen LogP contribution < -0.4 is 16.0 Å². The van der Waals surface area contributed by atoms with E-state index in [-0.39, 0.29) is 5.03 Å². The highest BCUT2D eigenvalue weighted by molar-refractivity contribution is 8.00. The zero-order valence-electron chi connectivity index (χ0n) is 9.80. The lowest BCUT2D eigenvalue weighted by Gasteiger charge is -2.12. The van der Waals surface area contributed by atoms with Gasteiger partial charge >= 0.3 is 0 Å². The van der Waals surface area contributed by atoms with Crippen molar-refractivity contribution in [2.24, 2.45) is 5.84 Å². The Balaban J connectivity index is 2.09. The molecule has 0 spiro atoms. The Labute approximate surface area is 111 Å². The van der Waals surface area contributed by atoms with Crippen LogP contribution in [0.4, 0.5) is 5.69 Å². The van der Waals surface area contributed by atoms with Crippen molar-refractivity contribution in [3.8, 4) is 0 Å². The summed E-state index contributed by atoms with van der Waals surface area (Å²) in [7, 11) is -3.61. The van der Waals surface area contributed by atoms with Crippen LogP contribution >= 0.6 is 11.8 Å². The molecular formula is C10H16N4O2S2. The molecule has 1 fully saturated rings. The number of pyridine rings is 1. The van der Waals surface area contributed by atoms with Crippen LogP contribution in [0.2, 0.25) is 0 Å². The summed E-state index contributed by atoms with van der Waals surface area (Å²) >= 11 is 1.80. The summed E-state index contributed by atoms with van der Waals surface area (Å²) < 4.78 is 26.8. The maximum Gasteiger partial charge on any atom is 0.260 e. The number of sulfonamides is 1. The van der Waals surface area contributed by atoms with Crippen LogP contribution in [0.5, 0.6) is 0 Å². The molecule has 0 radical (unpaired) electrons. The Bertz CT molecular complexity index is 500. The maximum absolute atomic E-state index is 12.1. The number of nitrogens with one attached hydrogen (secondary N) is 2. The Morgan fingerprint density at radius 3 is 3.06 bits per heavy atom. The molecule has 1 atom stereocenters. The van der Waals surface area contributed by atoms with E-state index in [1.165, 1.54) is 6.20 Å². The van der Waals surface area contributed by atoms with Crippen LogP contribution in [0.15, 0.2) is 23.4 Å². The van der Waals surface area contributed by atoms with Crippen LogP contribution in [0.1, 0.15) is 12.8 Å². The Hall–Kier alpha value is -0.830. The lowest BCUT2D eigenvalue weighted by Crippen LogP contribution is -2.31. The summed E-state index contributed by atoms with van der Waals surface area (Å²) in [5.74, 6) is 6.38. The number of hydrogen-bond acceptors (Lipinski definition) is 6. The monoisotopic (exact) mass is 288 g/mol. The van der Waals surface area contributed by atoms with Gasteiger partial charge in [0.05, 0.1) is 5.69 Å². The molecule has 4 N–H and O–H groups in total. The van der Waals surface area contributed by atoms with Crippen molar-refractivity contribution in [1.82, 2.24) is 9.71 Å². The molecule has 0 amide bonds. The van der Waals surface area contributed by atoms with E-state index in [0.717, 1.165) is 18.6 Å². The molecule has 2 rings (SSSR count). The summed E-state index contributed by atoms with van der Waals surface area (Å²) in [5, 5.41) is 0.299. The van der Waals surface area contributed by atoms with Crippen molar-refractivity contribution in [3.05, 3.63) is 18.3 Å². The number of hydrogen-bond donors (Lipinski definition) is 3. The number of hydrazine groups is 1. The van der Waals surface area contributed by atoms with Gasteiger partial charge in [0.2, 0.25) is 0 Å². The molecule has 2 heterocycles. The lowest BCUT2D eigenvalue weighted by atomic mass is 10.2. The third kappa shape index (κ3) is 3.14. The highest BCUT2D eigenvalue weighted by atomic mass is 32.2. The standard InChI is InChI=1S/C10H16N4O2S2/c11-14-9-4-1-5-12-10(9)18(15,16)13-7-8-3-2-6-17-8/h1,4-5,8,13-14H,2-3,6-7,11H2. The first-order valence-corrected chi connectivity index (χ1v) is 8.19. The average molecular weight is 288 g/mol. The highest BCUT2D eigenvalue weighted by Crippen LogP contribution is 2.26. The van der Waals surface area contributed by atoms with E-state index in [1.807, 2.05) is 0 Å². The summed E-state index contributed by atoms with van der Waals surface area (Å²) in [6.07, 6.45) is 3.63. The molecule has 1 aliphatic rings. The normalized spacial score (nSPS) is 19.9. The molecular weight excluding hydrogens is 272 g/mol. The van der Waals surface area contributed by atoms with E-state index in [0.29, 0.717) is 17.5 Å². The van der Waals surface area contributed by atoms with Crippen molar-refractivity contribution >= 4 is 27.5 Å². The van der Waals surface area contributed by atoms with Crippen molar-refractivity contribution in [1.29, 1.82) is 0 Å². The van der Waals surface area contributed by atoms with E-state index >= 15 is 0 Å². The molecule has 100 valence electrons. The van der Waals surface area contributed by atoms with E-state index in [1.54, 1.807) is 23.9 Å². The maximum atomic E-state index is 12.1. The molecule has 1 aromatic rings. The predicted molar refractivity (Wildman–Crippen MR) is 72.7 cm³/mol. The van der Waals surface area contributed by atoms with E-state index in [4.69, 9.17) is 5.84 Å². The molecule has 0 aliphatic carbocycles. The number of nitrogens with zero attached hydrogens (tertiary/aromatic N) is 1. The molecule has 8 heteroatoms. The van der Waals surface area contributed by atoms with Gasteiger partial charge in [-0.3, -0.25) is 5.84 Å². The van der Waals surface area contributed by atoms with Crippen LogP contribution in [-0.2, 0) is 10.0 Å². The summed E-state index contributed by atoms with van der Waals surface area (Å²) in [4.78, 5) is 3.87. The lowest BCUT2D eigenvalue weighted by molar-refractivity contribution is 0.575. The van der Waals surface area contributed by atoms with Crippen molar-refractivity contribution in [2.75, 3.05) is 17.7 Å². The molecule has 1 saturated heterocycles. The number of anilines is 1. The molecule has 0 bridgehead atoms. The Morgan fingerprint density at radius 2 is 2.39 bits per heavy atom. The fraction of sp³-hybridized carbons (Fsp3) is 0.500. The van der Waals surface area contributed by atoms with Gasteiger partial charge in [-0.05, 0) is 30.7 Å². The van der Waals surface area contributed by atoms with Crippen molar-refractivity contribution < 1.29 is 8.42 Å².